The van der Waals surface area contributed by atoms with E-state index < -0.39 is 17.4 Å². The Hall–Kier alpha value is -3.39. The monoisotopic (exact) mass is 358 g/mol. The highest BCUT2D eigenvalue weighted by molar-refractivity contribution is 6.31. The standard InChI is InChI=1S/C16H11ClN4O4/c17-9-4-5-12(22)10(7-9)14(23)19-20-15(24)11-8-18-13-3-1-2-6-21(13)16(11)25/h1-8,22H,(H,19,23)(H,20,24). The molecule has 8 nitrogen and oxygen atoms in total. The first-order valence-corrected chi connectivity index (χ1v) is 7.41. The Morgan fingerprint density at radius 1 is 1.08 bits per heavy atom. The van der Waals surface area contributed by atoms with Crippen LogP contribution in [0.4, 0.5) is 0 Å². The number of hydrogen-bond donors (Lipinski definition) is 3. The Bertz CT molecular complexity index is 1050. The molecule has 2 heterocycles. The summed E-state index contributed by atoms with van der Waals surface area (Å²) in [7, 11) is 0. The summed E-state index contributed by atoms with van der Waals surface area (Å²) in [5, 5.41) is 9.90. The predicted octanol–water partition coefficient (Wildman–Crippen LogP) is 1.13. The number of fused-ring (bicyclic) bond motifs is 1. The molecule has 9 heteroatoms. The first kappa shape index (κ1) is 16.5. The van der Waals surface area contributed by atoms with Crippen LogP contribution in [0.1, 0.15) is 20.7 Å². The van der Waals surface area contributed by atoms with Crippen LogP contribution in [-0.2, 0) is 0 Å². The minimum absolute atomic E-state index is 0.124. The zero-order valence-electron chi connectivity index (χ0n) is 12.6. The summed E-state index contributed by atoms with van der Waals surface area (Å²) in [5.41, 5.74) is 3.64. The molecule has 1 aromatic carbocycles. The lowest BCUT2D eigenvalue weighted by Gasteiger charge is -2.09. The molecule has 0 saturated carbocycles. The molecule has 0 aliphatic heterocycles. The van der Waals surface area contributed by atoms with E-state index in [4.69, 9.17) is 11.6 Å². The highest BCUT2D eigenvalue weighted by Crippen LogP contribution is 2.20. The number of halogens is 1. The molecule has 3 rings (SSSR count). The van der Waals surface area contributed by atoms with Gasteiger partial charge in [0.25, 0.3) is 17.4 Å². The molecule has 3 aromatic rings. The first-order chi connectivity index (χ1) is 12.0. The maximum atomic E-state index is 12.3. The van der Waals surface area contributed by atoms with E-state index in [1.807, 2.05) is 0 Å². The highest BCUT2D eigenvalue weighted by atomic mass is 35.5. The van der Waals surface area contributed by atoms with Gasteiger partial charge in [0.05, 0.1) is 5.56 Å². The Kier molecular flexibility index (Phi) is 4.36. The zero-order chi connectivity index (χ0) is 18.0. The molecule has 0 aliphatic carbocycles. The SMILES string of the molecule is O=C(NNC(=O)c1cnc2ccccn2c1=O)c1cc(Cl)ccc1O. The molecule has 0 atom stereocenters. The zero-order valence-corrected chi connectivity index (χ0v) is 13.3. The van der Waals surface area contributed by atoms with E-state index in [1.54, 1.807) is 18.2 Å². The Balaban J connectivity index is 1.79. The lowest BCUT2D eigenvalue weighted by molar-refractivity contribution is 0.0844. The normalized spacial score (nSPS) is 10.4. The summed E-state index contributed by atoms with van der Waals surface area (Å²) in [6.45, 7) is 0. The number of nitrogens with zero attached hydrogens (tertiary/aromatic N) is 2. The first-order valence-electron chi connectivity index (χ1n) is 7.03. The molecule has 2 amide bonds. The third kappa shape index (κ3) is 3.29. The van der Waals surface area contributed by atoms with E-state index in [0.29, 0.717) is 5.65 Å². The molecular formula is C16H11ClN4O4. The Morgan fingerprint density at radius 2 is 1.80 bits per heavy atom. The topological polar surface area (TPSA) is 113 Å². The van der Waals surface area contributed by atoms with Crippen LogP contribution in [0.5, 0.6) is 5.75 Å². The van der Waals surface area contributed by atoms with E-state index in [1.165, 1.54) is 28.8 Å². The summed E-state index contributed by atoms with van der Waals surface area (Å²) < 4.78 is 1.21. The number of phenols is 1. The van der Waals surface area contributed by atoms with Gasteiger partial charge in [-0.05, 0) is 30.3 Å². The summed E-state index contributed by atoms with van der Waals surface area (Å²) >= 11 is 5.76. The summed E-state index contributed by atoms with van der Waals surface area (Å²) in [6.07, 6.45) is 2.60. The van der Waals surface area contributed by atoms with Crippen molar-refractivity contribution < 1.29 is 14.7 Å². The number of nitrogens with one attached hydrogen (secondary N) is 2. The molecule has 126 valence electrons. The van der Waals surface area contributed by atoms with Crippen molar-refractivity contribution in [3.05, 3.63) is 75.3 Å². The molecule has 25 heavy (non-hydrogen) atoms. The van der Waals surface area contributed by atoms with Gasteiger partial charge in [0.2, 0.25) is 0 Å². The van der Waals surface area contributed by atoms with Crippen LogP contribution in [0.15, 0.2) is 53.6 Å². The molecule has 0 saturated heterocycles. The Labute approximate surface area is 145 Å². The maximum Gasteiger partial charge on any atom is 0.276 e. The summed E-state index contributed by atoms with van der Waals surface area (Å²) in [4.78, 5) is 40.4. The fourth-order valence-electron chi connectivity index (χ4n) is 2.12. The number of pyridine rings is 1. The van der Waals surface area contributed by atoms with E-state index in [2.05, 4.69) is 15.8 Å². The van der Waals surface area contributed by atoms with Crippen molar-refractivity contribution in [2.24, 2.45) is 0 Å². The minimum Gasteiger partial charge on any atom is -0.507 e. The minimum atomic E-state index is -0.842. The number of carbonyl (C=O) groups is 2. The van der Waals surface area contributed by atoms with Gasteiger partial charge in [-0.1, -0.05) is 17.7 Å². The Morgan fingerprint density at radius 3 is 2.56 bits per heavy atom. The van der Waals surface area contributed by atoms with E-state index in [9.17, 15) is 19.5 Å². The van der Waals surface area contributed by atoms with Crippen molar-refractivity contribution in [2.45, 2.75) is 0 Å². The van der Waals surface area contributed by atoms with Gasteiger partial charge in [-0.25, -0.2) is 4.98 Å². The molecule has 0 fully saturated rings. The van der Waals surface area contributed by atoms with Crippen LogP contribution in [0, 0.1) is 0 Å². The van der Waals surface area contributed by atoms with Crippen LogP contribution >= 0.6 is 11.6 Å². The van der Waals surface area contributed by atoms with Gasteiger partial charge in [-0.2, -0.15) is 0 Å². The fourth-order valence-corrected chi connectivity index (χ4v) is 2.29. The molecule has 0 bridgehead atoms. The highest BCUT2D eigenvalue weighted by Gasteiger charge is 2.16. The van der Waals surface area contributed by atoms with E-state index >= 15 is 0 Å². The molecule has 0 aliphatic rings. The number of hydrogen-bond acceptors (Lipinski definition) is 5. The van der Waals surface area contributed by atoms with Crippen LogP contribution in [0.3, 0.4) is 0 Å². The van der Waals surface area contributed by atoms with Gasteiger partial charge in [0, 0.05) is 17.4 Å². The van der Waals surface area contributed by atoms with Gasteiger partial charge in [-0.3, -0.25) is 29.6 Å². The van der Waals surface area contributed by atoms with E-state index in [-0.39, 0.29) is 21.9 Å². The average Bonchev–Trinajstić information content (AvgIpc) is 2.62. The number of carbonyl (C=O) groups excluding carboxylic acids is 2. The third-order valence-corrected chi connectivity index (χ3v) is 3.59. The van der Waals surface area contributed by atoms with Gasteiger partial charge in [0.1, 0.15) is 17.0 Å². The quantitative estimate of drug-likeness (QED) is 0.594. The smallest absolute Gasteiger partial charge is 0.276 e. The van der Waals surface area contributed by atoms with Gasteiger partial charge in [0.15, 0.2) is 0 Å². The van der Waals surface area contributed by atoms with Crippen LogP contribution in [-0.4, -0.2) is 26.3 Å². The molecule has 0 radical (unpaired) electrons. The van der Waals surface area contributed by atoms with E-state index in [0.717, 1.165) is 6.20 Å². The van der Waals surface area contributed by atoms with Crippen LogP contribution in [0.2, 0.25) is 5.02 Å². The summed E-state index contributed by atoms with van der Waals surface area (Å²) in [6, 6.07) is 8.85. The maximum absolute atomic E-state index is 12.3. The largest absolute Gasteiger partial charge is 0.507 e. The second-order valence-electron chi connectivity index (χ2n) is 4.98. The van der Waals surface area contributed by atoms with Gasteiger partial charge in [-0.15, -0.1) is 0 Å². The second-order valence-corrected chi connectivity index (χ2v) is 5.41. The predicted molar refractivity (Wildman–Crippen MR) is 89.5 cm³/mol. The third-order valence-electron chi connectivity index (χ3n) is 3.35. The van der Waals surface area contributed by atoms with Crippen molar-refractivity contribution in [2.75, 3.05) is 0 Å². The van der Waals surface area contributed by atoms with Crippen molar-refractivity contribution in [3.63, 3.8) is 0 Å². The molecule has 3 N–H and O–H groups in total. The van der Waals surface area contributed by atoms with Gasteiger partial charge < -0.3 is 5.11 Å². The molecule has 0 unspecified atom stereocenters. The van der Waals surface area contributed by atoms with Crippen LogP contribution in [0.25, 0.3) is 5.65 Å². The molecule has 0 spiro atoms. The number of aromatic hydroxyl groups is 1. The molecular weight excluding hydrogens is 348 g/mol. The lowest BCUT2D eigenvalue weighted by atomic mass is 10.2. The van der Waals surface area contributed by atoms with Crippen molar-refractivity contribution in [1.29, 1.82) is 0 Å². The number of amides is 2. The number of aromatic nitrogens is 2. The van der Waals surface area contributed by atoms with Gasteiger partial charge >= 0.3 is 0 Å². The fraction of sp³-hybridized carbons (Fsp3) is 0. The number of hydrazine groups is 1. The second kappa shape index (κ2) is 6.62. The lowest BCUT2D eigenvalue weighted by Crippen LogP contribution is -2.43. The number of rotatable bonds is 2. The molecule has 2 aromatic heterocycles. The van der Waals surface area contributed by atoms with Crippen molar-refractivity contribution in [3.8, 4) is 5.75 Å². The summed E-state index contributed by atoms with van der Waals surface area (Å²) in [5.74, 6) is -1.93. The van der Waals surface area contributed by atoms with Crippen molar-refractivity contribution >= 4 is 29.1 Å². The average molecular weight is 359 g/mol. The number of phenolic OH excluding ortho intramolecular Hbond substituents is 1. The number of benzene rings is 1. The van der Waals surface area contributed by atoms with Crippen LogP contribution < -0.4 is 16.4 Å². The van der Waals surface area contributed by atoms with Crippen molar-refractivity contribution in [1.82, 2.24) is 20.2 Å².